The highest BCUT2D eigenvalue weighted by atomic mass is 16.6. The third-order valence-corrected chi connectivity index (χ3v) is 7.55. The Morgan fingerprint density at radius 3 is 2.05 bits per heavy atom. The van der Waals surface area contributed by atoms with Crippen molar-refractivity contribution in [3.05, 3.63) is 72.3 Å². The van der Waals surface area contributed by atoms with Gasteiger partial charge in [-0.3, -0.25) is 0 Å². The minimum absolute atomic E-state index is 0.135. The number of hydrogen-bond acceptors (Lipinski definition) is 5. The van der Waals surface area contributed by atoms with E-state index in [1.54, 1.807) is 0 Å². The van der Waals surface area contributed by atoms with Gasteiger partial charge in [0.25, 0.3) is 0 Å². The van der Waals surface area contributed by atoms with Gasteiger partial charge in [-0.1, -0.05) is 63.2 Å². The van der Waals surface area contributed by atoms with Gasteiger partial charge in [0, 0.05) is 16.3 Å². The maximum Gasteiger partial charge on any atom is 0.344 e. The molecule has 1 heterocycles. The smallest absolute Gasteiger partial charge is 0.344 e. The van der Waals surface area contributed by atoms with Crippen molar-refractivity contribution < 1.29 is 19.0 Å². The number of fused-ring (bicyclic) bond motifs is 2. The monoisotopic (exact) mass is 499 g/mol. The van der Waals surface area contributed by atoms with Gasteiger partial charge >= 0.3 is 5.97 Å². The summed E-state index contributed by atoms with van der Waals surface area (Å²) in [4.78, 5) is 17.1. The Hall–Kier alpha value is -3.44. The van der Waals surface area contributed by atoms with Gasteiger partial charge in [0.05, 0.1) is 24.2 Å². The van der Waals surface area contributed by atoms with Crippen LogP contribution in [-0.2, 0) is 14.3 Å². The first-order chi connectivity index (χ1) is 18.0. The Balaban J connectivity index is 1.38. The zero-order valence-corrected chi connectivity index (χ0v) is 22.4. The fourth-order valence-corrected chi connectivity index (χ4v) is 4.86. The third-order valence-electron chi connectivity index (χ3n) is 7.55. The molecule has 0 aliphatic rings. The molecule has 0 bridgehead atoms. The van der Waals surface area contributed by atoms with Crippen molar-refractivity contribution in [2.24, 2.45) is 5.41 Å². The van der Waals surface area contributed by atoms with Crippen LogP contribution in [0.5, 0.6) is 5.75 Å². The normalized spacial score (nSPS) is 11.7. The molecule has 0 saturated carbocycles. The van der Waals surface area contributed by atoms with Gasteiger partial charge in [0.1, 0.15) is 12.4 Å². The first kappa shape index (κ1) is 26.6. The molecule has 5 nitrogen and oxygen atoms in total. The summed E-state index contributed by atoms with van der Waals surface area (Å²) in [5.74, 6) is 0.268. The molecule has 5 heteroatoms. The molecule has 4 aromatic rings. The number of carbonyl (C=O) groups excluding carboxylic acids is 1. The standard InChI is InChI=1S/C32H37NO4/c1-5-32(6-2,7-3)22-35-18-19-36-30(34)21-37-29-17-16-24(20-23(29)4)31-25-12-8-10-14-27(25)33-28-15-11-9-13-26(28)31/h8-17,20H,5-7,18-19,21-22H2,1-4H3. The number of aromatic nitrogens is 1. The Bertz CT molecular complexity index is 1300. The number of pyridine rings is 1. The van der Waals surface area contributed by atoms with Crippen LogP contribution in [0.4, 0.5) is 0 Å². The molecule has 0 fully saturated rings. The van der Waals surface area contributed by atoms with Crippen LogP contribution in [-0.4, -0.2) is 37.4 Å². The van der Waals surface area contributed by atoms with Crippen LogP contribution in [0.15, 0.2) is 66.7 Å². The number of nitrogens with zero attached hydrogens (tertiary/aromatic N) is 1. The van der Waals surface area contributed by atoms with E-state index in [9.17, 15) is 4.79 Å². The van der Waals surface area contributed by atoms with E-state index in [1.807, 2.05) is 55.5 Å². The summed E-state index contributed by atoms with van der Waals surface area (Å²) in [7, 11) is 0. The van der Waals surface area contributed by atoms with E-state index >= 15 is 0 Å². The van der Waals surface area contributed by atoms with Crippen molar-refractivity contribution >= 4 is 27.8 Å². The third kappa shape index (κ3) is 6.11. The van der Waals surface area contributed by atoms with E-state index in [-0.39, 0.29) is 18.6 Å². The molecule has 3 aromatic carbocycles. The van der Waals surface area contributed by atoms with Crippen LogP contribution in [0, 0.1) is 12.3 Å². The molecule has 0 atom stereocenters. The summed E-state index contributed by atoms with van der Waals surface area (Å²) in [5, 5.41) is 2.21. The Labute approximate surface area is 219 Å². The fourth-order valence-electron chi connectivity index (χ4n) is 4.86. The lowest BCUT2D eigenvalue weighted by atomic mass is 9.81. The molecule has 1 aromatic heterocycles. The largest absolute Gasteiger partial charge is 0.482 e. The van der Waals surface area contributed by atoms with E-state index in [4.69, 9.17) is 19.2 Å². The second kappa shape index (κ2) is 12.2. The van der Waals surface area contributed by atoms with E-state index < -0.39 is 5.97 Å². The summed E-state index contributed by atoms with van der Waals surface area (Å²) < 4.78 is 16.9. The predicted octanol–water partition coefficient (Wildman–Crippen LogP) is 7.52. The lowest BCUT2D eigenvalue weighted by Crippen LogP contribution is -2.26. The lowest BCUT2D eigenvalue weighted by Gasteiger charge is -2.29. The lowest BCUT2D eigenvalue weighted by molar-refractivity contribution is -0.148. The summed E-state index contributed by atoms with van der Waals surface area (Å²) in [6.45, 7) is 9.77. The Kier molecular flexibility index (Phi) is 8.78. The first-order valence-electron chi connectivity index (χ1n) is 13.2. The number of esters is 1. The van der Waals surface area contributed by atoms with E-state index in [1.165, 1.54) is 0 Å². The number of rotatable bonds is 12. The van der Waals surface area contributed by atoms with Crippen molar-refractivity contribution in [3.63, 3.8) is 0 Å². The van der Waals surface area contributed by atoms with Crippen LogP contribution in [0.3, 0.4) is 0 Å². The fraction of sp³-hybridized carbons (Fsp3) is 0.375. The van der Waals surface area contributed by atoms with Gasteiger partial charge in [-0.25, -0.2) is 9.78 Å². The number of benzene rings is 3. The zero-order valence-electron chi connectivity index (χ0n) is 22.4. The SMILES string of the molecule is CCC(CC)(CC)COCCOC(=O)COc1ccc(-c2c3ccccc3nc3ccccc23)cc1C. The van der Waals surface area contributed by atoms with E-state index in [0.717, 1.165) is 57.8 Å². The molecule has 0 radical (unpaired) electrons. The number of para-hydroxylation sites is 2. The van der Waals surface area contributed by atoms with Gasteiger partial charge < -0.3 is 14.2 Å². The van der Waals surface area contributed by atoms with Crippen molar-refractivity contribution in [3.8, 4) is 16.9 Å². The van der Waals surface area contributed by atoms with Gasteiger partial charge in [-0.15, -0.1) is 0 Å². The minimum Gasteiger partial charge on any atom is -0.482 e. The molecule has 0 aliphatic heterocycles. The molecule has 194 valence electrons. The second-order valence-electron chi connectivity index (χ2n) is 9.62. The molecular formula is C32H37NO4. The highest BCUT2D eigenvalue weighted by Gasteiger charge is 2.24. The number of carbonyl (C=O) groups is 1. The Morgan fingerprint density at radius 2 is 1.46 bits per heavy atom. The molecular weight excluding hydrogens is 462 g/mol. The van der Waals surface area contributed by atoms with Gasteiger partial charge in [-0.05, 0) is 67.0 Å². The van der Waals surface area contributed by atoms with E-state index in [0.29, 0.717) is 19.0 Å². The molecule has 0 amide bonds. The molecule has 0 saturated heterocycles. The summed E-state index contributed by atoms with van der Waals surface area (Å²) in [6.07, 6.45) is 3.25. The van der Waals surface area contributed by atoms with Crippen molar-refractivity contribution in [2.45, 2.75) is 47.0 Å². The molecule has 4 rings (SSSR count). The number of aryl methyl sites for hydroxylation is 1. The maximum absolute atomic E-state index is 12.2. The topological polar surface area (TPSA) is 57.7 Å². The van der Waals surface area contributed by atoms with E-state index in [2.05, 4.69) is 39.0 Å². The number of hydrogen-bond donors (Lipinski definition) is 0. The predicted molar refractivity (Wildman–Crippen MR) is 150 cm³/mol. The van der Waals surface area contributed by atoms with Crippen molar-refractivity contribution in [1.82, 2.24) is 4.98 Å². The van der Waals surface area contributed by atoms with Crippen LogP contribution >= 0.6 is 0 Å². The molecule has 37 heavy (non-hydrogen) atoms. The summed E-state index contributed by atoms with van der Waals surface area (Å²) >= 11 is 0. The van der Waals surface area contributed by atoms with Gasteiger partial charge in [0.15, 0.2) is 6.61 Å². The Morgan fingerprint density at radius 1 is 0.838 bits per heavy atom. The quantitative estimate of drug-likeness (QED) is 0.115. The number of ether oxygens (including phenoxy) is 3. The van der Waals surface area contributed by atoms with Crippen LogP contribution in [0.1, 0.15) is 45.6 Å². The van der Waals surface area contributed by atoms with Gasteiger partial charge in [-0.2, -0.15) is 0 Å². The van der Waals surface area contributed by atoms with Crippen molar-refractivity contribution in [2.75, 3.05) is 26.4 Å². The highest BCUT2D eigenvalue weighted by molar-refractivity contribution is 6.09. The summed E-state index contributed by atoms with van der Waals surface area (Å²) in [5.41, 5.74) is 5.33. The van der Waals surface area contributed by atoms with Crippen molar-refractivity contribution in [1.29, 1.82) is 0 Å². The first-order valence-corrected chi connectivity index (χ1v) is 13.2. The zero-order chi connectivity index (χ0) is 26.3. The van der Waals surface area contributed by atoms with Gasteiger partial charge in [0.2, 0.25) is 0 Å². The maximum atomic E-state index is 12.2. The van der Waals surface area contributed by atoms with Crippen LogP contribution in [0.25, 0.3) is 32.9 Å². The molecule has 0 aliphatic carbocycles. The molecule has 0 N–H and O–H groups in total. The van der Waals surface area contributed by atoms with Crippen LogP contribution < -0.4 is 4.74 Å². The highest BCUT2D eigenvalue weighted by Crippen LogP contribution is 2.36. The minimum atomic E-state index is -0.397. The summed E-state index contributed by atoms with van der Waals surface area (Å²) in [6, 6.07) is 22.5. The average Bonchev–Trinajstić information content (AvgIpc) is 2.93. The average molecular weight is 500 g/mol. The van der Waals surface area contributed by atoms with Crippen LogP contribution in [0.2, 0.25) is 0 Å². The second-order valence-corrected chi connectivity index (χ2v) is 9.62. The molecule has 0 unspecified atom stereocenters. The molecule has 0 spiro atoms.